The van der Waals surface area contributed by atoms with E-state index in [9.17, 15) is 22.4 Å². The van der Waals surface area contributed by atoms with Gasteiger partial charge in [-0.2, -0.15) is 23.4 Å². The Morgan fingerprint density at radius 3 is 2.80 bits per heavy atom. The molecule has 0 unspecified atom stereocenters. The van der Waals surface area contributed by atoms with E-state index in [0.717, 1.165) is 10.9 Å². The molecule has 1 aliphatic rings. The minimum Gasteiger partial charge on any atom is -0.352 e. The molecule has 3 aromatic heterocycles. The average molecular weight is 426 g/mol. The summed E-state index contributed by atoms with van der Waals surface area (Å²) in [5.41, 5.74) is 4.27. The second-order valence-corrected chi connectivity index (χ2v) is 7.13. The maximum absolute atomic E-state index is 13.9. The monoisotopic (exact) mass is 426 g/mol. The van der Waals surface area contributed by atoms with E-state index in [1.54, 1.807) is 11.0 Å². The van der Waals surface area contributed by atoms with Gasteiger partial charge in [-0.15, -0.1) is 0 Å². The van der Waals surface area contributed by atoms with Crippen molar-refractivity contribution >= 4 is 23.1 Å². The molecule has 0 bridgehead atoms. The number of halogens is 4. The Balaban J connectivity index is 1.64. The van der Waals surface area contributed by atoms with Gasteiger partial charge in [-0.1, -0.05) is 0 Å². The number of amides is 1. The number of nitrogens with zero attached hydrogens (tertiary/aromatic N) is 6. The third kappa shape index (κ3) is 3.79. The van der Waals surface area contributed by atoms with Crippen molar-refractivity contribution in [1.29, 1.82) is 0 Å². The average Bonchev–Trinajstić information content (AvgIpc) is 3.23. The van der Waals surface area contributed by atoms with Crippen molar-refractivity contribution in [2.24, 2.45) is 12.8 Å². The van der Waals surface area contributed by atoms with Crippen LogP contribution in [0.1, 0.15) is 22.5 Å². The van der Waals surface area contributed by atoms with Crippen LogP contribution < -0.4 is 16.0 Å². The number of hydrogen-bond donors (Lipinski definition) is 2. The number of nitrogens with two attached hydrogens (primary N) is 1. The zero-order chi connectivity index (χ0) is 21.6. The van der Waals surface area contributed by atoms with Crippen LogP contribution in [0.25, 0.3) is 5.65 Å². The van der Waals surface area contributed by atoms with Gasteiger partial charge in [0.1, 0.15) is 17.6 Å². The molecular formula is C17H18F4N8O. The van der Waals surface area contributed by atoms with Gasteiger partial charge in [0.2, 0.25) is 0 Å². The first kappa shape index (κ1) is 20.1. The third-order valence-electron chi connectivity index (χ3n) is 4.70. The number of aromatic nitrogens is 5. The number of carbonyl (C=O) groups is 1. The maximum atomic E-state index is 13.9. The Morgan fingerprint density at radius 1 is 1.33 bits per heavy atom. The van der Waals surface area contributed by atoms with Gasteiger partial charge in [-0.05, 0) is 12.5 Å². The Labute approximate surface area is 167 Å². The number of nitrogens with one attached hydrogen (secondary N) is 1. The van der Waals surface area contributed by atoms with Gasteiger partial charge >= 0.3 is 6.18 Å². The third-order valence-corrected chi connectivity index (χ3v) is 4.70. The number of fused-ring (bicyclic) bond motifs is 1. The van der Waals surface area contributed by atoms with Gasteiger partial charge in [0.15, 0.2) is 11.3 Å². The highest BCUT2D eigenvalue weighted by molar-refractivity contribution is 6.08. The highest BCUT2D eigenvalue weighted by atomic mass is 19.4. The first-order valence-corrected chi connectivity index (χ1v) is 9.03. The number of anilines is 2. The summed E-state index contributed by atoms with van der Waals surface area (Å²) in [7, 11) is 1.31. The number of piperidine rings is 1. The predicted molar refractivity (Wildman–Crippen MR) is 98.9 cm³/mol. The van der Waals surface area contributed by atoms with Crippen LogP contribution in [0.2, 0.25) is 0 Å². The quantitative estimate of drug-likeness (QED) is 0.617. The van der Waals surface area contributed by atoms with Crippen molar-refractivity contribution in [2.45, 2.75) is 24.8 Å². The van der Waals surface area contributed by atoms with Crippen LogP contribution in [-0.2, 0) is 13.2 Å². The number of carbonyl (C=O) groups excluding carboxylic acids is 1. The van der Waals surface area contributed by atoms with Gasteiger partial charge in [-0.3, -0.25) is 9.48 Å². The largest absolute Gasteiger partial charge is 0.437 e. The van der Waals surface area contributed by atoms with E-state index in [1.807, 2.05) is 0 Å². The summed E-state index contributed by atoms with van der Waals surface area (Å²) in [6.45, 7) is 0.501. The van der Waals surface area contributed by atoms with E-state index in [0.29, 0.717) is 12.4 Å². The molecule has 30 heavy (non-hydrogen) atoms. The Morgan fingerprint density at radius 2 is 2.10 bits per heavy atom. The lowest BCUT2D eigenvalue weighted by Gasteiger charge is -2.33. The van der Waals surface area contributed by atoms with Crippen LogP contribution in [-0.4, -0.2) is 55.6 Å². The Kier molecular flexibility index (Phi) is 4.84. The number of alkyl halides is 4. The first-order chi connectivity index (χ1) is 14.1. The van der Waals surface area contributed by atoms with Crippen molar-refractivity contribution in [3.05, 3.63) is 35.9 Å². The molecule has 1 aliphatic heterocycles. The van der Waals surface area contributed by atoms with Gasteiger partial charge in [0.05, 0.1) is 18.4 Å². The van der Waals surface area contributed by atoms with E-state index in [4.69, 9.17) is 5.73 Å². The predicted octanol–water partition coefficient (Wildman–Crippen LogP) is 1.61. The van der Waals surface area contributed by atoms with Crippen LogP contribution in [0.4, 0.5) is 29.1 Å². The minimum absolute atomic E-state index is 0.0352. The molecule has 3 N–H and O–H groups in total. The molecule has 4 heterocycles. The van der Waals surface area contributed by atoms with Crippen molar-refractivity contribution < 1.29 is 22.4 Å². The highest BCUT2D eigenvalue weighted by Crippen LogP contribution is 2.33. The molecule has 1 fully saturated rings. The van der Waals surface area contributed by atoms with Gasteiger partial charge in [0.25, 0.3) is 5.91 Å². The molecule has 0 aromatic carbocycles. The molecule has 9 nitrogen and oxygen atoms in total. The van der Waals surface area contributed by atoms with Crippen LogP contribution in [0.5, 0.6) is 0 Å². The fraction of sp³-hybridized carbons (Fsp3) is 0.412. The van der Waals surface area contributed by atoms with Crippen molar-refractivity contribution in [3.8, 4) is 0 Å². The maximum Gasteiger partial charge on any atom is 0.437 e. The van der Waals surface area contributed by atoms with E-state index in [2.05, 4.69) is 20.5 Å². The Bertz CT molecular complexity index is 1080. The van der Waals surface area contributed by atoms with Gasteiger partial charge < -0.3 is 16.0 Å². The molecule has 3 aromatic rings. The SMILES string of the molecule is Cn1cc(NC(=O)c2cnn3ccc(N4C[C@@H](N)C[C@H](F)C4)nc23)c(C(F)(F)F)n1. The van der Waals surface area contributed by atoms with Gasteiger partial charge in [-0.25, -0.2) is 13.9 Å². The Hall–Kier alpha value is -3.22. The summed E-state index contributed by atoms with van der Waals surface area (Å²) in [5, 5.41) is 9.58. The fourth-order valence-corrected chi connectivity index (χ4v) is 3.44. The molecule has 13 heteroatoms. The van der Waals surface area contributed by atoms with Crippen molar-refractivity contribution in [3.63, 3.8) is 0 Å². The molecule has 160 valence electrons. The zero-order valence-corrected chi connectivity index (χ0v) is 15.8. The minimum atomic E-state index is -4.73. The highest BCUT2D eigenvalue weighted by Gasteiger charge is 2.38. The molecule has 2 atom stereocenters. The van der Waals surface area contributed by atoms with Gasteiger partial charge in [0, 0.05) is 32.0 Å². The fourth-order valence-electron chi connectivity index (χ4n) is 3.44. The molecule has 4 rings (SSSR count). The van der Waals surface area contributed by atoms with Crippen LogP contribution >= 0.6 is 0 Å². The van der Waals surface area contributed by atoms with Crippen LogP contribution in [0, 0.1) is 0 Å². The van der Waals surface area contributed by atoms with E-state index < -0.39 is 29.6 Å². The zero-order valence-electron chi connectivity index (χ0n) is 15.8. The van der Waals surface area contributed by atoms with E-state index >= 15 is 0 Å². The lowest BCUT2D eigenvalue weighted by molar-refractivity contribution is -0.140. The van der Waals surface area contributed by atoms with Crippen molar-refractivity contribution in [1.82, 2.24) is 24.4 Å². The normalized spacial score (nSPS) is 20.0. The summed E-state index contributed by atoms with van der Waals surface area (Å²) in [4.78, 5) is 18.7. The standard InChI is InChI=1S/C17H18F4N8O/c1-27-8-12(14(26-27)17(19,20)21)24-16(30)11-5-23-29-3-2-13(25-15(11)29)28-6-9(18)4-10(22)7-28/h2-3,5,8-10H,4,6-7,22H2,1H3,(H,24,30)/t9-,10-/m0/s1. The second-order valence-electron chi connectivity index (χ2n) is 7.13. The molecule has 0 aliphatic carbocycles. The number of aryl methyl sites for hydroxylation is 1. The number of rotatable bonds is 3. The molecule has 0 saturated carbocycles. The molecular weight excluding hydrogens is 408 g/mol. The molecule has 0 spiro atoms. The summed E-state index contributed by atoms with van der Waals surface area (Å²) in [5.74, 6) is -0.431. The van der Waals surface area contributed by atoms with E-state index in [1.165, 1.54) is 24.0 Å². The van der Waals surface area contributed by atoms with Crippen molar-refractivity contribution in [2.75, 3.05) is 23.3 Å². The van der Waals surface area contributed by atoms with Crippen LogP contribution in [0.3, 0.4) is 0 Å². The molecule has 0 radical (unpaired) electrons. The van der Waals surface area contributed by atoms with E-state index in [-0.39, 0.29) is 30.2 Å². The number of hydrogen-bond acceptors (Lipinski definition) is 6. The summed E-state index contributed by atoms with van der Waals surface area (Å²) < 4.78 is 55.5. The molecule has 1 saturated heterocycles. The molecule has 1 amide bonds. The smallest absolute Gasteiger partial charge is 0.352 e. The summed E-state index contributed by atoms with van der Waals surface area (Å²) in [6.07, 6.45) is -1.79. The topological polar surface area (TPSA) is 106 Å². The summed E-state index contributed by atoms with van der Waals surface area (Å²) in [6, 6.07) is 1.25. The second kappa shape index (κ2) is 7.23. The first-order valence-electron chi connectivity index (χ1n) is 9.03. The van der Waals surface area contributed by atoms with Crippen LogP contribution in [0.15, 0.2) is 24.7 Å². The summed E-state index contributed by atoms with van der Waals surface area (Å²) >= 11 is 0. The lowest BCUT2D eigenvalue weighted by atomic mass is 10.1. The lowest BCUT2D eigenvalue weighted by Crippen LogP contribution is -2.48.